The smallest absolute Gasteiger partial charge is 0.259 e. The summed E-state index contributed by atoms with van der Waals surface area (Å²) in [5, 5.41) is 13.0. The number of rotatable bonds is 7. The quantitative estimate of drug-likeness (QED) is 0.685. The van der Waals surface area contributed by atoms with Gasteiger partial charge in [0.2, 0.25) is 0 Å². The number of aliphatic hydroxyl groups is 1. The topological polar surface area (TPSA) is 78.0 Å². The maximum Gasteiger partial charge on any atom is 0.259 e. The molecule has 5 nitrogen and oxygen atoms in total. The van der Waals surface area contributed by atoms with Gasteiger partial charge in [0.1, 0.15) is 10.7 Å². The zero-order valence-corrected chi connectivity index (χ0v) is 13.6. The van der Waals surface area contributed by atoms with Gasteiger partial charge in [-0.3, -0.25) is 4.79 Å². The minimum atomic E-state index is -0.0486. The molecular formula is C15H23N3O2S. The number of H-pyrrole nitrogens is 1. The highest BCUT2D eigenvalue weighted by Crippen LogP contribution is 2.25. The fraction of sp³-hybridized carbons (Fsp3) is 0.600. The average Bonchev–Trinajstić information content (AvgIpc) is 2.73. The Morgan fingerprint density at radius 1 is 1.43 bits per heavy atom. The van der Waals surface area contributed by atoms with Crippen LogP contribution in [0.2, 0.25) is 0 Å². The van der Waals surface area contributed by atoms with Crippen LogP contribution >= 0.6 is 11.3 Å². The summed E-state index contributed by atoms with van der Waals surface area (Å²) in [7, 11) is 0. The Hall–Kier alpha value is -1.24. The van der Waals surface area contributed by atoms with E-state index in [9.17, 15) is 4.79 Å². The number of aromatic amines is 1. The van der Waals surface area contributed by atoms with Crippen LogP contribution in [0.4, 0.5) is 0 Å². The molecule has 6 heteroatoms. The number of fused-ring (bicyclic) bond motifs is 1. The predicted molar refractivity (Wildman–Crippen MR) is 86.9 cm³/mol. The molecular weight excluding hydrogens is 286 g/mol. The van der Waals surface area contributed by atoms with E-state index in [4.69, 9.17) is 5.11 Å². The van der Waals surface area contributed by atoms with Crippen molar-refractivity contribution in [2.45, 2.75) is 40.2 Å². The number of nitrogens with zero attached hydrogens (tertiary/aromatic N) is 1. The first kappa shape index (κ1) is 16.1. The molecule has 1 unspecified atom stereocenters. The van der Waals surface area contributed by atoms with E-state index < -0.39 is 0 Å². The van der Waals surface area contributed by atoms with E-state index in [0.29, 0.717) is 18.3 Å². The van der Waals surface area contributed by atoms with Crippen molar-refractivity contribution in [3.05, 3.63) is 26.6 Å². The minimum absolute atomic E-state index is 0.0486. The average molecular weight is 309 g/mol. The Morgan fingerprint density at radius 3 is 2.90 bits per heavy atom. The molecule has 2 heterocycles. The molecule has 116 valence electrons. The van der Waals surface area contributed by atoms with Crippen molar-refractivity contribution in [1.82, 2.24) is 15.3 Å². The zero-order valence-electron chi connectivity index (χ0n) is 12.8. The molecule has 0 bridgehead atoms. The van der Waals surface area contributed by atoms with Crippen molar-refractivity contribution in [3.63, 3.8) is 0 Å². The standard InChI is InChI=1S/C15H23N3O2S/c1-9(8-19)5-4-6-16-7-12-17-14(20)13-10(2)11(3)21-15(13)18-12/h9,16,19H,4-8H2,1-3H3,(H,17,18,20). The molecule has 0 spiro atoms. The summed E-state index contributed by atoms with van der Waals surface area (Å²) in [6.45, 7) is 7.67. The monoisotopic (exact) mass is 309 g/mol. The van der Waals surface area contributed by atoms with E-state index in [1.54, 1.807) is 11.3 Å². The maximum atomic E-state index is 12.1. The fourth-order valence-electron chi connectivity index (χ4n) is 2.26. The van der Waals surface area contributed by atoms with Crippen LogP contribution in [-0.4, -0.2) is 28.2 Å². The van der Waals surface area contributed by atoms with Gasteiger partial charge in [-0.15, -0.1) is 11.3 Å². The Bertz CT molecular complexity index is 663. The van der Waals surface area contributed by atoms with Crippen LogP contribution in [0.1, 0.15) is 36.0 Å². The highest BCUT2D eigenvalue weighted by Gasteiger charge is 2.11. The summed E-state index contributed by atoms with van der Waals surface area (Å²) >= 11 is 1.57. The molecule has 0 saturated carbocycles. The molecule has 21 heavy (non-hydrogen) atoms. The number of hydrogen-bond donors (Lipinski definition) is 3. The third-order valence-electron chi connectivity index (χ3n) is 3.74. The third-order valence-corrected chi connectivity index (χ3v) is 4.84. The van der Waals surface area contributed by atoms with Crippen LogP contribution in [0.25, 0.3) is 10.2 Å². The van der Waals surface area contributed by atoms with Crippen molar-refractivity contribution in [2.24, 2.45) is 5.92 Å². The summed E-state index contributed by atoms with van der Waals surface area (Å²) < 4.78 is 0. The molecule has 0 saturated heterocycles. The lowest BCUT2D eigenvalue weighted by atomic mass is 10.1. The number of hydrogen-bond acceptors (Lipinski definition) is 5. The van der Waals surface area contributed by atoms with E-state index >= 15 is 0 Å². The van der Waals surface area contributed by atoms with Gasteiger partial charge in [0.15, 0.2) is 0 Å². The van der Waals surface area contributed by atoms with E-state index in [1.807, 2.05) is 20.8 Å². The highest BCUT2D eigenvalue weighted by atomic mass is 32.1. The molecule has 0 fully saturated rings. The summed E-state index contributed by atoms with van der Waals surface area (Å²) in [4.78, 5) is 21.4. The van der Waals surface area contributed by atoms with Gasteiger partial charge in [-0.2, -0.15) is 0 Å². The van der Waals surface area contributed by atoms with E-state index in [0.717, 1.165) is 40.0 Å². The Labute approximate surface area is 128 Å². The maximum absolute atomic E-state index is 12.1. The molecule has 2 rings (SSSR count). The first-order valence-corrected chi connectivity index (χ1v) is 8.15. The Morgan fingerprint density at radius 2 is 2.19 bits per heavy atom. The molecule has 0 radical (unpaired) electrons. The van der Waals surface area contributed by atoms with Gasteiger partial charge >= 0.3 is 0 Å². The summed E-state index contributed by atoms with van der Waals surface area (Å²) in [6, 6.07) is 0. The van der Waals surface area contributed by atoms with Crippen molar-refractivity contribution in [2.75, 3.05) is 13.2 Å². The van der Waals surface area contributed by atoms with Gasteiger partial charge in [-0.1, -0.05) is 6.92 Å². The molecule has 2 aromatic rings. The van der Waals surface area contributed by atoms with E-state index in [-0.39, 0.29) is 12.2 Å². The van der Waals surface area contributed by atoms with Gasteiger partial charge in [0.25, 0.3) is 5.56 Å². The van der Waals surface area contributed by atoms with Gasteiger partial charge in [-0.05, 0) is 44.7 Å². The van der Waals surface area contributed by atoms with E-state index in [2.05, 4.69) is 15.3 Å². The summed E-state index contributed by atoms with van der Waals surface area (Å²) in [5.74, 6) is 1.03. The zero-order chi connectivity index (χ0) is 15.4. The number of aliphatic hydroxyl groups excluding tert-OH is 1. The molecule has 1 atom stereocenters. The highest BCUT2D eigenvalue weighted by molar-refractivity contribution is 7.18. The second kappa shape index (κ2) is 7.15. The molecule has 0 aliphatic carbocycles. The normalized spacial score (nSPS) is 13.0. The Kier molecular flexibility index (Phi) is 5.50. The fourth-order valence-corrected chi connectivity index (χ4v) is 3.31. The van der Waals surface area contributed by atoms with Crippen LogP contribution < -0.4 is 10.9 Å². The number of aromatic nitrogens is 2. The Balaban J connectivity index is 1.96. The largest absolute Gasteiger partial charge is 0.396 e. The summed E-state index contributed by atoms with van der Waals surface area (Å²) in [5.41, 5.74) is 0.980. The number of aryl methyl sites for hydroxylation is 2. The minimum Gasteiger partial charge on any atom is -0.396 e. The van der Waals surface area contributed by atoms with Crippen LogP contribution in [-0.2, 0) is 6.54 Å². The molecule has 0 aliphatic rings. The van der Waals surface area contributed by atoms with Crippen molar-refractivity contribution < 1.29 is 5.11 Å². The lowest BCUT2D eigenvalue weighted by molar-refractivity contribution is 0.228. The molecule has 0 aromatic carbocycles. The first-order valence-electron chi connectivity index (χ1n) is 7.33. The first-order chi connectivity index (χ1) is 10.0. The SMILES string of the molecule is Cc1sc2nc(CNCCCC(C)CO)[nH]c(=O)c2c1C. The molecule has 0 amide bonds. The van der Waals surface area contributed by atoms with Gasteiger partial charge in [0, 0.05) is 11.5 Å². The van der Waals surface area contributed by atoms with Crippen molar-refractivity contribution >= 4 is 21.6 Å². The van der Waals surface area contributed by atoms with Crippen LogP contribution in [0.5, 0.6) is 0 Å². The van der Waals surface area contributed by atoms with Gasteiger partial charge in [0.05, 0.1) is 11.9 Å². The predicted octanol–water partition coefficient (Wildman–Crippen LogP) is 2.10. The second-order valence-corrected chi connectivity index (χ2v) is 6.79. The van der Waals surface area contributed by atoms with Crippen LogP contribution in [0, 0.1) is 19.8 Å². The van der Waals surface area contributed by atoms with Gasteiger partial charge in [-0.25, -0.2) is 4.98 Å². The number of thiophene rings is 1. The second-order valence-electron chi connectivity index (χ2n) is 5.58. The lowest BCUT2D eigenvalue weighted by Gasteiger charge is -2.08. The van der Waals surface area contributed by atoms with Crippen molar-refractivity contribution in [1.29, 1.82) is 0 Å². The van der Waals surface area contributed by atoms with Crippen LogP contribution in [0.3, 0.4) is 0 Å². The summed E-state index contributed by atoms with van der Waals surface area (Å²) in [6.07, 6.45) is 2.00. The van der Waals surface area contributed by atoms with Gasteiger partial charge < -0.3 is 15.4 Å². The lowest BCUT2D eigenvalue weighted by Crippen LogP contribution is -2.20. The third kappa shape index (κ3) is 3.90. The molecule has 0 aliphatic heterocycles. The molecule has 2 aromatic heterocycles. The molecule has 3 N–H and O–H groups in total. The number of nitrogens with one attached hydrogen (secondary N) is 2. The van der Waals surface area contributed by atoms with E-state index in [1.165, 1.54) is 0 Å². The van der Waals surface area contributed by atoms with Crippen LogP contribution in [0.15, 0.2) is 4.79 Å². The van der Waals surface area contributed by atoms with Crippen molar-refractivity contribution in [3.8, 4) is 0 Å².